The second kappa shape index (κ2) is 3.33. The van der Waals surface area contributed by atoms with E-state index in [1.54, 1.807) is 0 Å². The Morgan fingerprint density at radius 1 is 1.09 bits per heavy atom. The van der Waals surface area contributed by atoms with Gasteiger partial charge in [-0.2, -0.15) is 0 Å². The summed E-state index contributed by atoms with van der Waals surface area (Å²) in [5, 5.41) is 1.86. The van der Waals surface area contributed by atoms with Gasteiger partial charge in [0.05, 0.1) is 0 Å². The molecule has 0 amide bonds. The first-order valence-electron chi connectivity index (χ1n) is 2.47. The fraction of sp³-hybridized carbons (Fsp3) is 1.00. The van der Waals surface area contributed by atoms with Crippen molar-refractivity contribution >= 4 is 15.2 Å². The molecule has 0 saturated heterocycles. The molecule has 0 unspecified atom stereocenters. The van der Waals surface area contributed by atoms with Crippen molar-refractivity contribution < 1.29 is 28.7 Å². The Morgan fingerprint density at radius 2 is 1.36 bits per heavy atom. The van der Waals surface area contributed by atoms with Crippen molar-refractivity contribution in [1.29, 1.82) is 0 Å². The van der Waals surface area contributed by atoms with Gasteiger partial charge in [0.1, 0.15) is 0 Å². The SMILES string of the molecule is CNC(P(=O)(O)O)P(=O)(O)O. The molecule has 0 bridgehead atoms. The highest BCUT2D eigenvalue weighted by atomic mass is 31.2. The van der Waals surface area contributed by atoms with Gasteiger partial charge in [0.2, 0.25) is 5.52 Å². The van der Waals surface area contributed by atoms with Crippen molar-refractivity contribution in [2.24, 2.45) is 0 Å². The van der Waals surface area contributed by atoms with E-state index in [1.165, 1.54) is 0 Å². The summed E-state index contributed by atoms with van der Waals surface area (Å²) < 4.78 is 20.7. The van der Waals surface area contributed by atoms with Crippen LogP contribution >= 0.6 is 15.2 Å². The molecule has 0 spiro atoms. The molecule has 0 rings (SSSR count). The zero-order valence-corrected chi connectivity index (χ0v) is 7.37. The molecular formula is C2H9NO6P2. The molecule has 0 atom stereocenters. The molecule has 9 heteroatoms. The lowest BCUT2D eigenvalue weighted by Crippen LogP contribution is -2.24. The molecule has 68 valence electrons. The highest BCUT2D eigenvalue weighted by molar-refractivity contribution is 7.70. The van der Waals surface area contributed by atoms with E-state index in [4.69, 9.17) is 19.6 Å². The molecule has 0 aliphatic carbocycles. The van der Waals surface area contributed by atoms with Crippen LogP contribution in [0.15, 0.2) is 0 Å². The maximum atomic E-state index is 10.3. The summed E-state index contributed by atoms with van der Waals surface area (Å²) >= 11 is 0. The standard InChI is InChI=1S/C2H9NO6P2/c1-3-2(10(4,5)6)11(7,8)9/h2-3H,1H3,(H2,4,5,6)(H2,7,8,9). The summed E-state index contributed by atoms with van der Waals surface area (Å²) in [7, 11) is -8.48. The zero-order valence-electron chi connectivity index (χ0n) is 5.58. The van der Waals surface area contributed by atoms with E-state index < -0.39 is 20.7 Å². The van der Waals surface area contributed by atoms with Gasteiger partial charge in [-0.25, -0.2) is 0 Å². The second-order valence-electron chi connectivity index (χ2n) is 1.84. The smallest absolute Gasteiger partial charge is 0.323 e. The van der Waals surface area contributed by atoms with Gasteiger partial charge in [-0.05, 0) is 7.05 Å². The third kappa shape index (κ3) is 3.44. The Balaban J connectivity index is 4.72. The maximum Gasteiger partial charge on any atom is 0.354 e. The monoisotopic (exact) mass is 205 g/mol. The summed E-state index contributed by atoms with van der Waals surface area (Å²) in [6.45, 7) is 0. The molecule has 0 saturated carbocycles. The van der Waals surface area contributed by atoms with E-state index in [9.17, 15) is 9.13 Å². The molecule has 0 heterocycles. The molecule has 11 heavy (non-hydrogen) atoms. The van der Waals surface area contributed by atoms with Crippen LogP contribution in [0, 0.1) is 0 Å². The molecule has 0 aromatic rings. The van der Waals surface area contributed by atoms with Crippen molar-refractivity contribution in [3.63, 3.8) is 0 Å². The molecule has 7 nitrogen and oxygen atoms in total. The van der Waals surface area contributed by atoms with Gasteiger partial charge >= 0.3 is 15.2 Å². The highest BCUT2D eigenvalue weighted by Crippen LogP contribution is 2.57. The summed E-state index contributed by atoms with van der Waals surface area (Å²) in [6.07, 6.45) is 0. The summed E-state index contributed by atoms with van der Waals surface area (Å²) in [6, 6.07) is 0. The summed E-state index contributed by atoms with van der Waals surface area (Å²) in [4.78, 5) is 33.5. The Morgan fingerprint density at radius 3 is 1.36 bits per heavy atom. The highest BCUT2D eigenvalue weighted by Gasteiger charge is 2.41. The van der Waals surface area contributed by atoms with Gasteiger partial charge in [-0.1, -0.05) is 0 Å². The predicted octanol–water partition coefficient (Wildman–Crippen LogP) is -1.16. The molecule has 0 aromatic heterocycles. The Hall–Kier alpha value is 0.260. The van der Waals surface area contributed by atoms with Crippen LogP contribution < -0.4 is 5.32 Å². The van der Waals surface area contributed by atoms with Crippen LogP contribution in [0.1, 0.15) is 0 Å². The molecule has 0 fully saturated rings. The van der Waals surface area contributed by atoms with Crippen molar-refractivity contribution in [3.8, 4) is 0 Å². The second-order valence-corrected chi connectivity index (χ2v) is 5.64. The van der Waals surface area contributed by atoms with Crippen LogP contribution in [0.2, 0.25) is 0 Å². The van der Waals surface area contributed by atoms with E-state index in [0.717, 1.165) is 7.05 Å². The van der Waals surface area contributed by atoms with E-state index in [-0.39, 0.29) is 0 Å². The minimum Gasteiger partial charge on any atom is -0.323 e. The van der Waals surface area contributed by atoms with Crippen LogP contribution in [0.5, 0.6) is 0 Å². The molecule has 0 radical (unpaired) electrons. The van der Waals surface area contributed by atoms with E-state index in [1.807, 2.05) is 5.32 Å². The molecule has 0 aliphatic rings. The third-order valence-electron chi connectivity index (χ3n) is 0.895. The van der Waals surface area contributed by atoms with Crippen molar-refractivity contribution in [2.45, 2.75) is 5.52 Å². The Kier molecular flexibility index (Phi) is 3.41. The van der Waals surface area contributed by atoms with Crippen LogP contribution in [0.25, 0.3) is 0 Å². The minimum absolute atomic E-state index is 1.06. The van der Waals surface area contributed by atoms with Crippen LogP contribution in [-0.2, 0) is 9.13 Å². The first-order chi connectivity index (χ1) is 4.69. The molecule has 0 aromatic carbocycles. The number of nitrogens with one attached hydrogen (secondary N) is 1. The lowest BCUT2D eigenvalue weighted by atomic mass is 11.2. The van der Waals surface area contributed by atoms with Crippen molar-refractivity contribution in [1.82, 2.24) is 5.32 Å². The topological polar surface area (TPSA) is 127 Å². The van der Waals surface area contributed by atoms with Crippen molar-refractivity contribution in [3.05, 3.63) is 0 Å². The van der Waals surface area contributed by atoms with E-state index in [2.05, 4.69) is 0 Å². The lowest BCUT2D eigenvalue weighted by Gasteiger charge is -2.17. The normalized spacial score (nSPS) is 14.0. The Bertz CT molecular complexity index is 193. The average molecular weight is 205 g/mol. The first kappa shape index (κ1) is 11.3. The van der Waals surface area contributed by atoms with E-state index in [0.29, 0.717) is 0 Å². The molecule has 5 N–H and O–H groups in total. The summed E-state index contributed by atoms with van der Waals surface area (Å²) in [5.41, 5.74) is -2.10. The average Bonchev–Trinajstić information content (AvgIpc) is 1.56. The van der Waals surface area contributed by atoms with E-state index >= 15 is 0 Å². The van der Waals surface area contributed by atoms with Crippen molar-refractivity contribution in [2.75, 3.05) is 7.05 Å². The largest absolute Gasteiger partial charge is 0.354 e. The van der Waals surface area contributed by atoms with Crippen LogP contribution in [-0.4, -0.2) is 32.1 Å². The minimum atomic E-state index is -4.77. The lowest BCUT2D eigenvalue weighted by molar-refractivity contribution is 0.331. The number of rotatable bonds is 3. The van der Waals surface area contributed by atoms with Gasteiger partial charge in [-0.15, -0.1) is 0 Å². The fourth-order valence-electron chi connectivity index (χ4n) is 0.532. The Labute approximate surface area is 62.8 Å². The summed E-state index contributed by atoms with van der Waals surface area (Å²) in [5.74, 6) is 0. The van der Waals surface area contributed by atoms with Gasteiger partial charge in [0, 0.05) is 0 Å². The van der Waals surface area contributed by atoms with Gasteiger partial charge < -0.3 is 19.6 Å². The quantitative estimate of drug-likeness (QED) is 0.368. The van der Waals surface area contributed by atoms with Crippen LogP contribution in [0.3, 0.4) is 0 Å². The fourth-order valence-corrected chi connectivity index (χ4v) is 2.77. The predicted molar refractivity (Wildman–Crippen MR) is 36.9 cm³/mol. The molecule has 0 aliphatic heterocycles. The van der Waals surface area contributed by atoms with Gasteiger partial charge in [0.25, 0.3) is 0 Å². The maximum absolute atomic E-state index is 10.3. The zero-order chi connectivity index (χ0) is 9.28. The number of hydrogen-bond acceptors (Lipinski definition) is 3. The van der Waals surface area contributed by atoms with Gasteiger partial charge in [0.15, 0.2) is 0 Å². The van der Waals surface area contributed by atoms with Crippen LogP contribution in [0.4, 0.5) is 0 Å². The first-order valence-corrected chi connectivity index (χ1v) is 5.83. The third-order valence-corrected chi connectivity index (χ3v) is 4.49. The van der Waals surface area contributed by atoms with Gasteiger partial charge in [-0.3, -0.25) is 14.4 Å². The number of hydrogen-bond donors (Lipinski definition) is 5. The molecular weight excluding hydrogens is 196 g/mol.